The first-order chi connectivity index (χ1) is 14.2. The van der Waals surface area contributed by atoms with Gasteiger partial charge in [0.05, 0.1) is 5.52 Å². The van der Waals surface area contributed by atoms with E-state index in [2.05, 4.69) is 4.90 Å². The van der Waals surface area contributed by atoms with Crippen molar-refractivity contribution in [1.82, 2.24) is 14.4 Å². The maximum absolute atomic E-state index is 15.2. The third-order valence-corrected chi connectivity index (χ3v) is 6.25. The van der Waals surface area contributed by atoms with Gasteiger partial charge in [0.2, 0.25) is 0 Å². The summed E-state index contributed by atoms with van der Waals surface area (Å²) in [5, 5.41) is 0.591. The van der Waals surface area contributed by atoms with Crippen molar-refractivity contribution in [1.29, 1.82) is 0 Å². The Bertz CT molecular complexity index is 899. The number of nitrogens with zero attached hydrogens (tertiary/aromatic N) is 3. The third kappa shape index (κ3) is 4.31. The van der Waals surface area contributed by atoms with Crippen LogP contribution in [0, 0.1) is 5.82 Å². The number of hydrogen-bond donors (Lipinski definition) is 0. The fourth-order valence-electron chi connectivity index (χ4n) is 4.77. The van der Waals surface area contributed by atoms with Crippen LogP contribution in [0.3, 0.4) is 0 Å². The highest BCUT2D eigenvalue weighted by molar-refractivity contribution is 5.80. The van der Waals surface area contributed by atoms with Crippen LogP contribution in [0.5, 0.6) is 0 Å². The molecular weight excluding hydrogens is 388 g/mol. The smallest absolute Gasteiger partial charge is 0.410 e. The molecule has 3 atom stereocenters. The molecule has 2 aromatic rings. The van der Waals surface area contributed by atoms with E-state index in [1.54, 1.807) is 17.0 Å². The summed E-state index contributed by atoms with van der Waals surface area (Å²) in [5.41, 5.74) is 0.318. The minimum absolute atomic E-state index is 0.0404. The minimum Gasteiger partial charge on any atom is -0.444 e. The van der Waals surface area contributed by atoms with E-state index >= 15 is 4.39 Å². The summed E-state index contributed by atoms with van der Waals surface area (Å²) in [5.74, 6) is -0.236. The van der Waals surface area contributed by atoms with E-state index in [0.717, 1.165) is 18.4 Å². The van der Waals surface area contributed by atoms with Crippen LogP contribution in [0.4, 0.5) is 13.6 Å². The quantitative estimate of drug-likeness (QED) is 0.704. The van der Waals surface area contributed by atoms with Crippen LogP contribution < -0.4 is 0 Å². The molecule has 2 fully saturated rings. The zero-order valence-corrected chi connectivity index (χ0v) is 18.0. The lowest BCUT2D eigenvalue weighted by molar-refractivity contribution is -0.00353. The molecule has 5 nitrogen and oxygen atoms in total. The van der Waals surface area contributed by atoms with E-state index in [-0.39, 0.29) is 24.0 Å². The molecule has 0 bridgehead atoms. The molecule has 0 spiro atoms. The Balaban J connectivity index is 1.35. The first-order valence-corrected chi connectivity index (χ1v) is 10.8. The molecule has 1 amide bonds. The van der Waals surface area contributed by atoms with Crippen molar-refractivity contribution in [3.05, 3.63) is 36.3 Å². The van der Waals surface area contributed by atoms with Crippen LogP contribution in [0.15, 0.2) is 30.5 Å². The molecule has 2 heterocycles. The molecule has 1 saturated carbocycles. The summed E-state index contributed by atoms with van der Waals surface area (Å²) in [6.07, 6.45) is 2.69. The molecular formula is C23H31F2N3O2. The van der Waals surface area contributed by atoms with Gasteiger partial charge in [0.15, 0.2) is 0 Å². The van der Waals surface area contributed by atoms with E-state index in [4.69, 9.17) is 4.74 Å². The molecule has 164 valence electrons. The molecule has 1 aliphatic carbocycles. The number of piperazine rings is 1. The van der Waals surface area contributed by atoms with Gasteiger partial charge in [-0.15, -0.1) is 0 Å². The van der Waals surface area contributed by atoms with Gasteiger partial charge in [-0.3, -0.25) is 4.90 Å². The predicted octanol–water partition coefficient (Wildman–Crippen LogP) is 4.76. The fourth-order valence-corrected chi connectivity index (χ4v) is 4.77. The number of benzene rings is 1. The highest BCUT2D eigenvalue weighted by atomic mass is 19.1. The van der Waals surface area contributed by atoms with Crippen LogP contribution in [-0.2, 0) is 4.74 Å². The number of amides is 1. The monoisotopic (exact) mass is 419 g/mol. The second-order valence-electron chi connectivity index (χ2n) is 9.45. The summed E-state index contributed by atoms with van der Waals surface area (Å²) < 4.78 is 36.7. The molecule has 1 aromatic carbocycles. The van der Waals surface area contributed by atoms with Gasteiger partial charge in [-0.2, -0.15) is 0 Å². The number of halogens is 2. The van der Waals surface area contributed by atoms with Gasteiger partial charge in [0, 0.05) is 56.3 Å². The average molecular weight is 420 g/mol. The van der Waals surface area contributed by atoms with Gasteiger partial charge in [-0.25, -0.2) is 13.6 Å². The first-order valence-electron chi connectivity index (χ1n) is 10.8. The summed E-state index contributed by atoms with van der Waals surface area (Å²) in [4.78, 5) is 16.1. The molecule has 1 saturated heterocycles. The Morgan fingerprint density at radius 3 is 2.50 bits per heavy atom. The highest BCUT2D eigenvalue weighted by Gasteiger charge is 2.37. The van der Waals surface area contributed by atoms with Crippen molar-refractivity contribution in [3.63, 3.8) is 0 Å². The molecule has 0 unspecified atom stereocenters. The van der Waals surface area contributed by atoms with Gasteiger partial charge in [0.1, 0.15) is 17.6 Å². The van der Waals surface area contributed by atoms with Gasteiger partial charge in [-0.05, 0) is 51.8 Å². The lowest BCUT2D eigenvalue weighted by Crippen LogP contribution is -2.55. The van der Waals surface area contributed by atoms with E-state index in [1.807, 2.05) is 37.6 Å². The summed E-state index contributed by atoms with van der Waals surface area (Å²) in [6, 6.07) is 6.75. The van der Waals surface area contributed by atoms with Gasteiger partial charge in [-0.1, -0.05) is 6.07 Å². The Morgan fingerprint density at radius 2 is 1.83 bits per heavy atom. The SMILES string of the molecule is CC(C)(C)OC(=O)N1CCN([C@H]2CC[C@@H](n3ccc4c(F)cccc43)C[C@@H]2F)CC1. The van der Waals surface area contributed by atoms with E-state index in [1.165, 1.54) is 6.07 Å². The van der Waals surface area contributed by atoms with Crippen molar-refractivity contribution < 1.29 is 18.3 Å². The van der Waals surface area contributed by atoms with Crippen LogP contribution in [0.25, 0.3) is 10.9 Å². The van der Waals surface area contributed by atoms with Gasteiger partial charge < -0.3 is 14.2 Å². The Kier molecular flexibility index (Phi) is 5.75. The Labute approximate surface area is 176 Å². The van der Waals surface area contributed by atoms with Crippen molar-refractivity contribution in [2.75, 3.05) is 26.2 Å². The Morgan fingerprint density at radius 1 is 1.10 bits per heavy atom. The van der Waals surface area contributed by atoms with Gasteiger partial charge >= 0.3 is 6.09 Å². The van der Waals surface area contributed by atoms with Crippen LogP contribution in [-0.4, -0.2) is 64.5 Å². The summed E-state index contributed by atoms with van der Waals surface area (Å²) >= 11 is 0. The maximum atomic E-state index is 15.2. The number of carbonyl (C=O) groups excluding carboxylic acids is 1. The largest absolute Gasteiger partial charge is 0.444 e. The summed E-state index contributed by atoms with van der Waals surface area (Å²) in [7, 11) is 0. The number of rotatable bonds is 2. The van der Waals surface area contributed by atoms with Gasteiger partial charge in [0.25, 0.3) is 0 Å². The molecule has 0 radical (unpaired) electrons. The molecule has 1 aromatic heterocycles. The molecule has 2 aliphatic rings. The normalized spacial score (nSPS) is 26.2. The van der Waals surface area contributed by atoms with Crippen molar-refractivity contribution in [3.8, 4) is 0 Å². The number of aromatic nitrogens is 1. The predicted molar refractivity (Wildman–Crippen MR) is 113 cm³/mol. The van der Waals surface area contributed by atoms with Crippen molar-refractivity contribution in [2.24, 2.45) is 0 Å². The second kappa shape index (κ2) is 8.17. The zero-order chi connectivity index (χ0) is 21.5. The van der Waals surface area contributed by atoms with Crippen LogP contribution in [0.1, 0.15) is 46.1 Å². The standard InChI is InChI=1S/C23H31F2N3O2/c1-23(2,3)30-22(29)27-13-11-26(12-14-27)21-8-7-16(15-19(21)25)28-10-9-17-18(24)5-4-6-20(17)28/h4-6,9-10,16,19,21H,7-8,11-15H2,1-3H3/t16-,19+,21+/m1/s1. The van der Waals surface area contributed by atoms with Crippen molar-refractivity contribution >= 4 is 17.0 Å². The fraction of sp³-hybridized carbons (Fsp3) is 0.609. The number of carbonyl (C=O) groups is 1. The van der Waals surface area contributed by atoms with E-state index < -0.39 is 11.8 Å². The maximum Gasteiger partial charge on any atom is 0.410 e. The third-order valence-electron chi connectivity index (χ3n) is 6.25. The second-order valence-corrected chi connectivity index (χ2v) is 9.45. The number of hydrogen-bond acceptors (Lipinski definition) is 3. The molecule has 30 heavy (non-hydrogen) atoms. The molecule has 7 heteroatoms. The summed E-state index contributed by atoms with van der Waals surface area (Å²) in [6.45, 7) is 8.01. The lowest BCUT2D eigenvalue weighted by atomic mass is 9.88. The number of alkyl halides is 1. The minimum atomic E-state index is -0.942. The van der Waals surface area contributed by atoms with E-state index in [9.17, 15) is 9.18 Å². The zero-order valence-electron chi connectivity index (χ0n) is 18.0. The number of ether oxygens (including phenoxy) is 1. The molecule has 4 rings (SSSR count). The van der Waals surface area contributed by atoms with Crippen LogP contribution in [0.2, 0.25) is 0 Å². The molecule has 0 N–H and O–H groups in total. The Hall–Kier alpha value is -2.15. The van der Waals surface area contributed by atoms with Crippen LogP contribution >= 0.6 is 0 Å². The average Bonchev–Trinajstić information content (AvgIpc) is 3.12. The first kappa shape index (κ1) is 21.1. The van der Waals surface area contributed by atoms with E-state index in [0.29, 0.717) is 38.0 Å². The molecule has 1 aliphatic heterocycles. The number of fused-ring (bicyclic) bond motifs is 1. The lowest BCUT2D eigenvalue weighted by Gasteiger charge is -2.43. The topological polar surface area (TPSA) is 37.7 Å². The van der Waals surface area contributed by atoms with Crippen molar-refractivity contribution in [2.45, 2.75) is 63.9 Å². The highest BCUT2D eigenvalue weighted by Crippen LogP contribution is 2.36.